The summed E-state index contributed by atoms with van der Waals surface area (Å²) in [5.74, 6) is -2.32. The smallest absolute Gasteiger partial charge is 0.462 e. The van der Waals surface area contributed by atoms with Crippen LogP contribution in [-0.4, -0.2) is 96.7 Å². The summed E-state index contributed by atoms with van der Waals surface area (Å²) in [6.07, 6.45) is 89.2. The molecule has 17 nitrogen and oxygen atoms in total. The summed E-state index contributed by atoms with van der Waals surface area (Å²) in [6.45, 7) is 4.38. The maximum atomic E-state index is 13.1. The SMILES string of the molecule is CC/C=C\C/C=C\C/C=C\C/C=C\C/C=C\CCCCCC(=O)OCC(COP(=O)(O)OCC(O)COP(=O)(O)OCC(COC(=O)CCC/C=C\C/C=C\C/C=C\C/C=C\C/C=C\CC)OC(=O)CCCCCC/C=C\C/C=C\C/C=C\C/C=C\CC)OC(=O)CCCCCCCCCCCCC. The van der Waals surface area contributed by atoms with Crippen LogP contribution >= 0.6 is 15.6 Å². The van der Waals surface area contributed by atoms with Crippen molar-refractivity contribution >= 4 is 39.5 Å². The number of aliphatic hydroxyl groups is 1. The Bertz CT molecular complexity index is 2640. The highest BCUT2D eigenvalue weighted by Crippen LogP contribution is 2.45. The number of allylic oxidation sites excluding steroid dienone is 28. The number of phosphoric acid groups is 2. The Labute approximate surface area is 629 Å². The van der Waals surface area contributed by atoms with Crippen LogP contribution < -0.4 is 0 Å². The molecular weight excluding hydrogens is 1350 g/mol. The van der Waals surface area contributed by atoms with Crippen LogP contribution in [-0.2, 0) is 65.4 Å². The summed E-state index contributed by atoms with van der Waals surface area (Å²) < 4.78 is 68.4. The molecule has 5 atom stereocenters. The summed E-state index contributed by atoms with van der Waals surface area (Å²) in [5, 5.41) is 10.6. The molecule has 0 aromatic rings. The highest BCUT2D eigenvalue weighted by molar-refractivity contribution is 7.47. The van der Waals surface area contributed by atoms with Gasteiger partial charge in [-0.1, -0.05) is 281 Å². The maximum Gasteiger partial charge on any atom is 0.472 e. The number of esters is 4. The average molecular weight is 1490 g/mol. The van der Waals surface area contributed by atoms with Gasteiger partial charge in [0.25, 0.3) is 0 Å². The topological polar surface area (TPSA) is 237 Å². The molecule has 104 heavy (non-hydrogen) atoms. The summed E-state index contributed by atoms with van der Waals surface area (Å²) in [7, 11) is -10.00. The molecule has 0 rings (SSSR count). The second-order valence-corrected chi connectivity index (χ2v) is 28.4. The zero-order chi connectivity index (χ0) is 76.0. The summed E-state index contributed by atoms with van der Waals surface area (Å²) >= 11 is 0. The van der Waals surface area contributed by atoms with E-state index in [-0.39, 0.29) is 25.7 Å². The van der Waals surface area contributed by atoms with Crippen LogP contribution in [0.2, 0.25) is 0 Å². The van der Waals surface area contributed by atoms with E-state index in [1.54, 1.807) is 0 Å². The molecule has 0 saturated heterocycles. The Morgan fingerprint density at radius 3 is 0.817 bits per heavy atom. The molecule has 0 saturated carbocycles. The number of phosphoric ester groups is 2. The lowest BCUT2D eigenvalue weighted by molar-refractivity contribution is -0.161. The van der Waals surface area contributed by atoms with E-state index in [2.05, 4.69) is 186 Å². The van der Waals surface area contributed by atoms with Crippen LogP contribution in [0, 0.1) is 0 Å². The van der Waals surface area contributed by atoms with Crippen LogP contribution in [0.4, 0.5) is 0 Å². The Morgan fingerprint density at radius 1 is 0.279 bits per heavy atom. The fraction of sp³-hybridized carbons (Fsp3) is 0.624. The number of hydrogen-bond acceptors (Lipinski definition) is 15. The van der Waals surface area contributed by atoms with Crippen molar-refractivity contribution in [3.63, 3.8) is 0 Å². The van der Waals surface area contributed by atoms with Gasteiger partial charge in [0.15, 0.2) is 12.2 Å². The molecule has 0 fully saturated rings. The number of aliphatic hydroxyl groups excluding tert-OH is 1. The molecule has 0 aromatic carbocycles. The largest absolute Gasteiger partial charge is 0.472 e. The minimum atomic E-state index is -5.00. The number of ether oxygens (including phenoxy) is 4. The lowest BCUT2D eigenvalue weighted by atomic mass is 10.1. The van der Waals surface area contributed by atoms with E-state index < -0.39 is 97.5 Å². The molecule has 19 heteroatoms. The van der Waals surface area contributed by atoms with Crippen molar-refractivity contribution in [1.82, 2.24) is 0 Å². The number of unbranched alkanes of at least 4 members (excludes halogenated alkanes) is 18. The Morgan fingerprint density at radius 2 is 0.510 bits per heavy atom. The van der Waals surface area contributed by atoms with Gasteiger partial charge in [0.05, 0.1) is 26.4 Å². The van der Waals surface area contributed by atoms with E-state index in [1.807, 2.05) is 12.2 Å². The molecule has 0 aromatic heterocycles. The number of rotatable bonds is 72. The average Bonchev–Trinajstić information content (AvgIpc) is 0.931. The monoisotopic (exact) mass is 1490 g/mol. The lowest BCUT2D eigenvalue weighted by Gasteiger charge is -2.21. The first-order valence-corrected chi connectivity index (χ1v) is 42.4. The summed E-state index contributed by atoms with van der Waals surface area (Å²) in [5.41, 5.74) is 0. The van der Waals surface area contributed by atoms with Gasteiger partial charge >= 0.3 is 39.5 Å². The van der Waals surface area contributed by atoms with Crippen molar-refractivity contribution in [1.29, 1.82) is 0 Å². The van der Waals surface area contributed by atoms with Crippen LogP contribution in [0.3, 0.4) is 0 Å². The predicted molar refractivity (Wildman–Crippen MR) is 426 cm³/mol. The van der Waals surface area contributed by atoms with E-state index in [0.717, 1.165) is 161 Å². The first-order chi connectivity index (χ1) is 50.7. The minimum absolute atomic E-state index is 0.0482. The number of carbonyl (C=O) groups excluding carboxylic acids is 4. The second kappa shape index (κ2) is 75.6. The van der Waals surface area contributed by atoms with E-state index >= 15 is 0 Å². The second-order valence-electron chi connectivity index (χ2n) is 25.5. The zero-order valence-electron chi connectivity index (χ0n) is 64.4. The standard InChI is InChI=1S/C85H138O17P2/c1-5-9-13-17-21-25-29-32-35-38-39-42-44-47-51-54-58-62-66-70-82(87)95-75-80(101-84(89)71-67-63-59-55-49-28-24-20-16-12-8-4)77-99-103(91,92)97-73-79(86)74-98-104(93,94)100-78-81(102-85(90)72-68-64-60-56-52-48-45-41-37-34-31-27-23-19-15-11-7-3)76-96-83(88)69-65-61-57-53-50-46-43-40-36-33-30-26-22-18-14-10-6-2/h9-11,13-15,21-23,25-27,32-37,39,42-43,45-48,51,53,57,79-81,86H,5-8,12,16-20,24,28-31,38,40-41,44,49-50,52,54-56,58-78H2,1-4H3,(H,91,92)(H,93,94)/b13-9-,14-10-,15-11-,25-21-,26-22-,27-23-,35-32-,36-33-,37-34-,42-39-,46-43-,48-45-,51-47-,57-53-. The highest BCUT2D eigenvalue weighted by atomic mass is 31.2. The fourth-order valence-corrected chi connectivity index (χ4v) is 11.4. The van der Waals surface area contributed by atoms with Crippen LogP contribution in [0.15, 0.2) is 170 Å². The van der Waals surface area contributed by atoms with Crippen molar-refractivity contribution in [3.05, 3.63) is 170 Å². The molecule has 0 bridgehead atoms. The molecule has 0 amide bonds. The molecule has 0 spiro atoms. The molecule has 0 radical (unpaired) electrons. The van der Waals surface area contributed by atoms with E-state index in [1.165, 1.54) is 38.5 Å². The molecule has 590 valence electrons. The Hall–Kier alpha value is -5.58. The van der Waals surface area contributed by atoms with Gasteiger partial charge in [-0.25, -0.2) is 9.13 Å². The van der Waals surface area contributed by atoms with Crippen LogP contribution in [0.1, 0.15) is 285 Å². The third kappa shape index (κ3) is 74.7. The van der Waals surface area contributed by atoms with Crippen molar-refractivity contribution in [2.45, 2.75) is 303 Å². The van der Waals surface area contributed by atoms with Gasteiger partial charge in [0.1, 0.15) is 19.3 Å². The predicted octanol–water partition coefficient (Wildman–Crippen LogP) is 23.0. The Balaban J connectivity index is 5.45. The Kier molecular flexibility index (Phi) is 71.6. The quantitative estimate of drug-likeness (QED) is 0.0169. The molecule has 0 aliphatic carbocycles. The van der Waals surface area contributed by atoms with E-state index in [9.17, 15) is 43.2 Å². The lowest BCUT2D eigenvalue weighted by Crippen LogP contribution is -2.30. The fourth-order valence-electron chi connectivity index (χ4n) is 9.80. The molecule has 3 N–H and O–H groups in total. The first-order valence-electron chi connectivity index (χ1n) is 39.4. The van der Waals surface area contributed by atoms with Gasteiger partial charge in [-0.15, -0.1) is 0 Å². The highest BCUT2D eigenvalue weighted by Gasteiger charge is 2.30. The molecule has 0 aliphatic heterocycles. The molecule has 0 heterocycles. The van der Waals surface area contributed by atoms with Crippen molar-refractivity contribution in [2.24, 2.45) is 0 Å². The summed E-state index contributed by atoms with van der Waals surface area (Å²) in [6, 6.07) is 0. The van der Waals surface area contributed by atoms with Gasteiger partial charge in [0.2, 0.25) is 0 Å². The number of hydrogen-bond donors (Lipinski definition) is 3. The number of carbonyl (C=O) groups is 4. The van der Waals surface area contributed by atoms with Crippen molar-refractivity contribution < 1.29 is 80.2 Å². The van der Waals surface area contributed by atoms with Gasteiger partial charge in [-0.05, 0) is 148 Å². The molecular formula is C85H138O17P2. The van der Waals surface area contributed by atoms with Crippen molar-refractivity contribution in [3.8, 4) is 0 Å². The third-order valence-electron chi connectivity index (χ3n) is 15.7. The zero-order valence-corrected chi connectivity index (χ0v) is 66.2. The van der Waals surface area contributed by atoms with Gasteiger partial charge in [0, 0.05) is 25.7 Å². The first kappa shape index (κ1) is 98.4. The van der Waals surface area contributed by atoms with Crippen LogP contribution in [0.5, 0.6) is 0 Å². The molecule has 0 aliphatic rings. The van der Waals surface area contributed by atoms with Crippen LogP contribution in [0.25, 0.3) is 0 Å². The van der Waals surface area contributed by atoms with Gasteiger partial charge in [-0.3, -0.25) is 37.3 Å². The maximum absolute atomic E-state index is 13.1. The third-order valence-corrected chi connectivity index (χ3v) is 17.6. The normalized spacial score (nSPS) is 14.8. The molecule has 5 unspecified atom stereocenters. The van der Waals surface area contributed by atoms with Gasteiger partial charge in [-0.2, -0.15) is 0 Å². The summed E-state index contributed by atoms with van der Waals surface area (Å²) in [4.78, 5) is 72.9. The van der Waals surface area contributed by atoms with E-state index in [4.69, 9.17) is 37.0 Å². The van der Waals surface area contributed by atoms with E-state index in [0.29, 0.717) is 32.1 Å². The minimum Gasteiger partial charge on any atom is -0.462 e. The van der Waals surface area contributed by atoms with Gasteiger partial charge < -0.3 is 33.8 Å². The van der Waals surface area contributed by atoms with Crippen molar-refractivity contribution in [2.75, 3.05) is 39.6 Å².